The Hall–Kier alpha value is -2.95. The molecule has 2 aromatic carbocycles. The van der Waals surface area contributed by atoms with Crippen molar-refractivity contribution in [2.75, 3.05) is 32.7 Å². The van der Waals surface area contributed by atoms with Crippen LogP contribution in [-0.4, -0.2) is 55.4 Å². The van der Waals surface area contributed by atoms with Crippen LogP contribution < -0.4 is 10.1 Å². The van der Waals surface area contributed by atoms with E-state index in [1.165, 1.54) is 0 Å². The quantitative estimate of drug-likeness (QED) is 0.346. The lowest BCUT2D eigenvalue weighted by atomic mass is 10.2. The normalized spacial score (nSPS) is 11.5. The topological polar surface area (TPSA) is 85.7 Å². The lowest BCUT2D eigenvalue weighted by Crippen LogP contribution is -2.37. The molecule has 0 aliphatic heterocycles. The Balaban J connectivity index is 1.87. The number of ether oxygens (including phenoxy) is 2. The Morgan fingerprint density at radius 3 is 2.42 bits per heavy atom. The fourth-order valence-electron chi connectivity index (χ4n) is 3.71. The van der Waals surface area contributed by atoms with Crippen molar-refractivity contribution < 1.29 is 17.9 Å². The van der Waals surface area contributed by atoms with Gasteiger partial charge in [-0.3, -0.25) is 0 Å². The molecular weight excluding hydrogens is 496 g/mol. The van der Waals surface area contributed by atoms with E-state index in [1.54, 1.807) is 25.0 Å². The summed E-state index contributed by atoms with van der Waals surface area (Å²) in [5.41, 5.74) is 2.32. The molecule has 194 valence electrons. The molecule has 8 nitrogen and oxygen atoms in total. The van der Waals surface area contributed by atoms with Gasteiger partial charge in [-0.05, 0) is 48.0 Å². The second-order valence-corrected chi connectivity index (χ2v) is 11.1. The van der Waals surface area contributed by atoms with Gasteiger partial charge in [-0.1, -0.05) is 44.2 Å². The molecule has 0 unspecified atom stereocenters. The van der Waals surface area contributed by atoms with Crippen LogP contribution in [0.25, 0.3) is 0 Å². The summed E-state index contributed by atoms with van der Waals surface area (Å²) in [6, 6.07) is 16.6. The van der Waals surface area contributed by atoms with Gasteiger partial charge >= 0.3 is 0 Å². The van der Waals surface area contributed by atoms with Crippen molar-refractivity contribution in [1.82, 2.24) is 14.5 Å². The third-order valence-corrected chi connectivity index (χ3v) is 7.43. The van der Waals surface area contributed by atoms with Crippen molar-refractivity contribution in [2.24, 2.45) is 5.92 Å². The maximum Gasteiger partial charge on any atom is 0.228 e. The van der Waals surface area contributed by atoms with Crippen LogP contribution in [-0.2, 0) is 33.4 Å². The second kappa shape index (κ2) is 12.8. The highest BCUT2D eigenvalue weighted by Crippen LogP contribution is 2.21. The number of thiocarbonyl (C=S) groups is 1. The third kappa shape index (κ3) is 7.52. The van der Waals surface area contributed by atoms with E-state index in [9.17, 15) is 8.42 Å². The zero-order valence-electron chi connectivity index (χ0n) is 21.2. The Bertz CT molecular complexity index is 1230. The monoisotopic (exact) mass is 530 g/mol. The SMILES string of the molecule is COCCN(Cc1cnc(S(=O)(=O)Cc2ccccc2)n1CC(C)C)C(=S)Nc1ccc(OC)cc1. The number of rotatable bonds is 12. The number of methoxy groups -OCH3 is 2. The summed E-state index contributed by atoms with van der Waals surface area (Å²) in [5, 5.41) is 3.83. The van der Waals surface area contributed by atoms with Crippen LogP contribution in [0.3, 0.4) is 0 Å². The van der Waals surface area contributed by atoms with Crippen LogP contribution in [0, 0.1) is 5.92 Å². The lowest BCUT2D eigenvalue weighted by Gasteiger charge is -2.26. The number of hydrogen-bond acceptors (Lipinski definition) is 6. The molecule has 0 saturated carbocycles. The molecule has 1 N–H and O–H groups in total. The van der Waals surface area contributed by atoms with Crippen LogP contribution in [0.2, 0.25) is 0 Å². The van der Waals surface area contributed by atoms with E-state index in [0.29, 0.717) is 31.4 Å². The Labute approximate surface area is 219 Å². The number of aromatic nitrogens is 2. The Kier molecular flexibility index (Phi) is 9.86. The van der Waals surface area contributed by atoms with Gasteiger partial charge in [0.15, 0.2) is 5.11 Å². The Morgan fingerprint density at radius 1 is 1.11 bits per heavy atom. The van der Waals surface area contributed by atoms with Crippen molar-refractivity contribution in [2.45, 2.75) is 37.8 Å². The predicted octanol–water partition coefficient (Wildman–Crippen LogP) is 4.37. The van der Waals surface area contributed by atoms with Crippen LogP contribution in [0.15, 0.2) is 66.0 Å². The predicted molar refractivity (Wildman–Crippen MR) is 146 cm³/mol. The minimum atomic E-state index is -3.65. The highest BCUT2D eigenvalue weighted by molar-refractivity contribution is 7.90. The standard InChI is InChI=1S/C26H34N4O4S2/c1-20(2)17-30-23(16-27-26(30)36(31,32)19-21-8-6-5-7-9-21)18-29(14-15-33-3)25(35)28-22-10-12-24(34-4)13-11-22/h5-13,16,20H,14-15,17-19H2,1-4H3,(H,28,35). The van der Waals surface area contributed by atoms with Gasteiger partial charge < -0.3 is 24.3 Å². The van der Waals surface area contributed by atoms with Crippen LogP contribution in [0.1, 0.15) is 25.1 Å². The van der Waals surface area contributed by atoms with E-state index >= 15 is 0 Å². The minimum absolute atomic E-state index is 0.0794. The largest absolute Gasteiger partial charge is 0.497 e. The molecule has 0 aliphatic rings. The van der Waals surface area contributed by atoms with E-state index in [1.807, 2.05) is 59.5 Å². The van der Waals surface area contributed by atoms with Crippen LogP contribution in [0.5, 0.6) is 5.75 Å². The van der Waals surface area contributed by atoms with Gasteiger partial charge in [0.25, 0.3) is 0 Å². The molecule has 0 aliphatic carbocycles. The molecular formula is C26H34N4O4S2. The smallest absolute Gasteiger partial charge is 0.228 e. The molecule has 0 spiro atoms. The van der Waals surface area contributed by atoms with Gasteiger partial charge in [-0.25, -0.2) is 13.4 Å². The maximum atomic E-state index is 13.3. The fourth-order valence-corrected chi connectivity index (χ4v) is 5.49. The number of imidazole rings is 1. The van der Waals surface area contributed by atoms with Crippen molar-refractivity contribution in [3.8, 4) is 5.75 Å². The molecule has 0 atom stereocenters. The highest BCUT2D eigenvalue weighted by Gasteiger charge is 2.25. The molecule has 3 aromatic rings. The summed E-state index contributed by atoms with van der Waals surface area (Å²) in [6.45, 7) is 5.99. The number of nitrogens with zero attached hydrogens (tertiary/aromatic N) is 3. The first-order chi connectivity index (χ1) is 17.2. The molecule has 0 amide bonds. The number of benzene rings is 2. The van der Waals surface area contributed by atoms with Gasteiger partial charge in [0.1, 0.15) is 5.75 Å². The maximum absolute atomic E-state index is 13.3. The molecule has 10 heteroatoms. The molecule has 3 rings (SSSR count). The average Bonchev–Trinajstić information content (AvgIpc) is 3.24. The summed E-state index contributed by atoms with van der Waals surface area (Å²) in [5.74, 6) is 0.873. The van der Waals surface area contributed by atoms with Crippen molar-refractivity contribution >= 4 is 32.9 Å². The van der Waals surface area contributed by atoms with Crippen molar-refractivity contribution in [3.05, 3.63) is 72.1 Å². The summed E-state index contributed by atoms with van der Waals surface area (Å²) < 4.78 is 39.0. The molecule has 0 saturated heterocycles. The van der Waals surface area contributed by atoms with E-state index in [-0.39, 0.29) is 16.8 Å². The summed E-state index contributed by atoms with van der Waals surface area (Å²) in [6.07, 6.45) is 1.63. The fraction of sp³-hybridized carbons (Fsp3) is 0.385. The first-order valence-corrected chi connectivity index (χ1v) is 13.8. The molecule has 1 heterocycles. The van der Waals surface area contributed by atoms with E-state index in [4.69, 9.17) is 21.7 Å². The van der Waals surface area contributed by atoms with Crippen molar-refractivity contribution in [1.29, 1.82) is 0 Å². The van der Waals surface area contributed by atoms with Gasteiger partial charge in [0.05, 0.1) is 37.9 Å². The van der Waals surface area contributed by atoms with Gasteiger partial charge in [0.2, 0.25) is 15.0 Å². The zero-order valence-corrected chi connectivity index (χ0v) is 22.8. The molecule has 36 heavy (non-hydrogen) atoms. The highest BCUT2D eigenvalue weighted by atomic mass is 32.2. The Morgan fingerprint density at radius 2 is 1.81 bits per heavy atom. The lowest BCUT2D eigenvalue weighted by molar-refractivity contribution is 0.174. The summed E-state index contributed by atoms with van der Waals surface area (Å²) in [4.78, 5) is 6.32. The second-order valence-electron chi connectivity index (χ2n) is 8.85. The molecule has 1 aromatic heterocycles. The third-order valence-electron chi connectivity index (χ3n) is 5.47. The summed E-state index contributed by atoms with van der Waals surface area (Å²) in [7, 11) is -0.395. The van der Waals surface area contributed by atoms with Crippen LogP contribution in [0.4, 0.5) is 5.69 Å². The first kappa shape index (κ1) is 27.6. The number of sulfone groups is 1. The number of nitrogens with one attached hydrogen (secondary N) is 1. The van der Waals surface area contributed by atoms with Crippen molar-refractivity contribution in [3.63, 3.8) is 0 Å². The van der Waals surface area contributed by atoms with Gasteiger partial charge in [-0.15, -0.1) is 0 Å². The molecule has 0 radical (unpaired) electrons. The summed E-state index contributed by atoms with van der Waals surface area (Å²) >= 11 is 5.71. The molecule has 0 bridgehead atoms. The van der Waals surface area contributed by atoms with E-state index in [2.05, 4.69) is 24.1 Å². The molecule has 0 fully saturated rings. The minimum Gasteiger partial charge on any atom is -0.497 e. The van der Waals surface area contributed by atoms with Gasteiger partial charge in [0, 0.05) is 25.9 Å². The first-order valence-electron chi connectivity index (χ1n) is 11.7. The van der Waals surface area contributed by atoms with E-state index in [0.717, 1.165) is 22.7 Å². The number of anilines is 1. The average molecular weight is 531 g/mol. The zero-order chi connectivity index (χ0) is 26.1. The van der Waals surface area contributed by atoms with Crippen LogP contribution >= 0.6 is 12.2 Å². The van der Waals surface area contributed by atoms with Gasteiger partial charge in [-0.2, -0.15) is 0 Å². The van der Waals surface area contributed by atoms with E-state index < -0.39 is 9.84 Å². The number of hydrogen-bond donors (Lipinski definition) is 1.